The second-order valence-corrected chi connectivity index (χ2v) is 7.18. The third kappa shape index (κ3) is 6.38. The minimum Gasteiger partial charge on any atom is -0.480 e. The molecule has 1 aromatic rings. The number of hydrogen-bond donors (Lipinski definition) is 1. The van der Waals surface area contributed by atoms with E-state index in [4.69, 9.17) is 5.11 Å². The Balaban J connectivity index is 1.87. The van der Waals surface area contributed by atoms with Crippen LogP contribution in [0.5, 0.6) is 0 Å². The Morgan fingerprint density at radius 2 is 1.78 bits per heavy atom. The average molecular weight is 374 g/mol. The zero-order chi connectivity index (χ0) is 19.8. The van der Waals surface area contributed by atoms with Crippen molar-refractivity contribution in [3.8, 4) is 0 Å². The van der Waals surface area contributed by atoms with Crippen LogP contribution >= 0.6 is 0 Å². The summed E-state index contributed by atoms with van der Waals surface area (Å²) in [5.41, 5.74) is 2.46. The van der Waals surface area contributed by atoms with Crippen molar-refractivity contribution in [3.63, 3.8) is 0 Å². The van der Waals surface area contributed by atoms with Crippen molar-refractivity contribution < 1.29 is 19.5 Å². The first-order valence-corrected chi connectivity index (χ1v) is 9.75. The number of amides is 2. The van der Waals surface area contributed by atoms with E-state index in [-0.39, 0.29) is 24.4 Å². The number of hydrogen-bond acceptors (Lipinski definition) is 3. The van der Waals surface area contributed by atoms with Gasteiger partial charge in [-0.3, -0.25) is 14.4 Å². The summed E-state index contributed by atoms with van der Waals surface area (Å²) in [6, 6.07) is 8.27. The predicted octanol–water partition coefficient (Wildman–Crippen LogP) is 2.50. The Morgan fingerprint density at radius 1 is 1.11 bits per heavy atom. The number of carbonyl (C=O) groups is 3. The highest BCUT2D eigenvalue weighted by Gasteiger charge is 2.27. The minimum atomic E-state index is -1.00. The molecule has 1 aromatic carbocycles. The van der Waals surface area contributed by atoms with E-state index in [2.05, 4.69) is 31.2 Å². The Bertz CT molecular complexity index is 657. The molecule has 6 heteroatoms. The predicted molar refractivity (Wildman–Crippen MR) is 103 cm³/mol. The molecule has 0 saturated carbocycles. The molecular formula is C21H30N2O4. The van der Waals surface area contributed by atoms with E-state index in [0.717, 1.165) is 31.2 Å². The van der Waals surface area contributed by atoms with E-state index in [1.54, 1.807) is 0 Å². The summed E-state index contributed by atoms with van der Waals surface area (Å²) in [4.78, 5) is 38.7. The second kappa shape index (κ2) is 10.1. The van der Waals surface area contributed by atoms with Crippen LogP contribution in [-0.4, -0.2) is 58.4 Å². The number of carboxylic acids is 1. The van der Waals surface area contributed by atoms with Crippen LogP contribution in [0.15, 0.2) is 24.3 Å². The third-order valence-electron chi connectivity index (χ3n) is 5.26. The van der Waals surface area contributed by atoms with E-state index >= 15 is 0 Å². The van der Waals surface area contributed by atoms with Gasteiger partial charge in [-0.15, -0.1) is 0 Å². The Labute approximate surface area is 161 Å². The molecule has 6 nitrogen and oxygen atoms in total. The number of carbonyl (C=O) groups excluding carboxylic acids is 2. The number of likely N-dealkylation sites (tertiary alicyclic amines) is 1. The van der Waals surface area contributed by atoms with Crippen LogP contribution in [0.1, 0.15) is 50.7 Å². The molecule has 1 saturated heterocycles. The van der Waals surface area contributed by atoms with Gasteiger partial charge < -0.3 is 14.9 Å². The molecule has 1 fully saturated rings. The molecule has 0 aromatic heterocycles. The fourth-order valence-electron chi connectivity index (χ4n) is 3.63. The summed E-state index contributed by atoms with van der Waals surface area (Å²) in [7, 11) is 0. The molecule has 1 unspecified atom stereocenters. The second-order valence-electron chi connectivity index (χ2n) is 7.18. The molecule has 2 rings (SSSR count). The third-order valence-corrected chi connectivity index (χ3v) is 5.26. The smallest absolute Gasteiger partial charge is 0.323 e. The minimum absolute atomic E-state index is 0.113. The van der Waals surface area contributed by atoms with Crippen molar-refractivity contribution in [2.45, 2.75) is 58.4 Å². The van der Waals surface area contributed by atoms with Crippen molar-refractivity contribution >= 4 is 17.8 Å². The fourth-order valence-corrected chi connectivity index (χ4v) is 3.63. The molecule has 0 spiro atoms. The molecule has 0 radical (unpaired) electrons. The Hall–Kier alpha value is -2.37. The number of aryl methyl sites for hydroxylation is 2. The van der Waals surface area contributed by atoms with Crippen molar-refractivity contribution in [1.82, 2.24) is 9.80 Å². The Morgan fingerprint density at radius 3 is 2.37 bits per heavy atom. The van der Waals surface area contributed by atoms with Gasteiger partial charge >= 0.3 is 5.97 Å². The molecule has 148 valence electrons. The van der Waals surface area contributed by atoms with Gasteiger partial charge in [-0.25, -0.2) is 0 Å². The van der Waals surface area contributed by atoms with E-state index in [0.29, 0.717) is 25.9 Å². The lowest BCUT2D eigenvalue weighted by Crippen LogP contribution is -2.43. The summed E-state index contributed by atoms with van der Waals surface area (Å²) in [6.07, 6.45) is 4.35. The van der Waals surface area contributed by atoms with E-state index in [1.165, 1.54) is 17.4 Å². The Kier molecular flexibility index (Phi) is 7.82. The molecule has 1 heterocycles. The van der Waals surface area contributed by atoms with Crippen molar-refractivity contribution in [3.05, 3.63) is 35.4 Å². The molecule has 0 bridgehead atoms. The lowest BCUT2D eigenvalue weighted by molar-refractivity contribution is -0.145. The van der Waals surface area contributed by atoms with Crippen LogP contribution in [0.4, 0.5) is 0 Å². The molecule has 1 aliphatic heterocycles. The summed E-state index contributed by atoms with van der Waals surface area (Å²) < 4.78 is 0. The van der Waals surface area contributed by atoms with Gasteiger partial charge in [0.25, 0.3) is 0 Å². The number of aliphatic carboxylic acids is 1. The largest absolute Gasteiger partial charge is 0.480 e. The highest BCUT2D eigenvalue weighted by atomic mass is 16.4. The SMILES string of the molecule is CCc1ccc(CCC(=O)N2CCCC(N(CC(=O)O)C(C)=O)CC2)cc1. The molecular weight excluding hydrogens is 344 g/mol. The van der Waals surface area contributed by atoms with Gasteiger partial charge in [0.1, 0.15) is 6.54 Å². The zero-order valence-corrected chi connectivity index (χ0v) is 16.3. The maximum absolute atomic E-state index is 12.6. The van der Waals surface area contributed by atoms with Gasteiger partial charge in [0, 0.05) is 32.5 Å². The normalized spacial score (nSPS) is 17.3. The summed E-state index contributed by atoms with van der Waals surface area (Å²) in [6.45, 7) is 4.49. The first-order chi connectivity index (χ1) is 12.9. The maximum Gasteiger partial charge on any atom is 0.323 e. The van der Waals surface area contributed by atoms with Crippen LogP contribution in [0, 0.1) is 0 Å². The lowest BCUT2D eigenvalue weighted by atomic mass is 10.1. The topological polar surface area (TPSA) is 77.9 Å². The highest BCUT2D eigenvalue weighted by molar-refractivity contribution is 5.80. The number of nitrogens with zero attached hydrogens (tertiary/aromatic N) is 2. The number of carboxylic acid groups (broad SMARTS) is 1. The van der Waals surface area contributed by atoms with Crippen LogP contribution in [0.2, 0.25) is 0 Å². The molecule has 2 amide bonds. The van der Waals surface area contributed by atoms with E-state index in [9.17, 15) is 14.4 Å². The van der Waals surface area contributed by atoms with Crippen molar-refractivity contribution in [2.75, 3.05) is 19.6 Å². The number of benzene rings is 1. The summed E-state index contributed by atoms with van der Waals surface area (Å²) in [5, 5.41) is 9.03. The fraction of sp³-hybridized carbons (Fsp3) is 0.571. The summed E-state index contributed by atoms with van der Waals surface area (Å²) in [5.74, 6) is -1.10. The van der Waals surface area contributed by atoms with Gasteiger partial charge in [-0.2, -0.15) is 0 Å². The monoisotopic (exact) mass is 374 g/mol. The molecule has 1 atom stereocenters. The van der Waals surface area contributed by atoms with Gasteiger partial charge in [-0.05, 0) is 43.2 Å². The van der Waals surface area contributed by atoms with Crippen molar-refractivity contribution in [2.24, 2.45) is 0 Å². The highest BCUT2D eigenvalue weighted by Crippen LogP contribution is 2.18. The maximum atomic E-state index is 12.6. The van der Waals surface area contributed by atoms with Crippen LogP contribution in [0.3, 0.4) is 0 Å². The first-order valence-electron chi connectivity index (χ1n) is 9.75. The quantitative estimate of drug-likeness (QED) is 0.795. The molecule has 1 N–H and O–H groups in total. The van der Waals surface area contributed by atoms with Crippen LogP contribution in [-0.2, 0) is 27.2 Å². The van der Waals surface area contributed by atoms with Crippen molar-refractivity contribution in [1.29, 1.82) is 0 Å². The van der Waals surface area contributed by atoms with E-state index in [1.807, 2.05) is 4.90 Å². The number of rotatable bonds is 7. The van der Waals surface area contributed by atoms with Crippen LogP contribution in [0.25, 0.3) is 0 Å². The lowest BCUT2D eigenvalue weighted by Gasteiger charge is -2.28. The van der Waals surface area contributed by atoms with E-state index < -0.39 is 5.97 Å². The zero-order valence-electron chi connectivity index (χ0n) is 16.3. The molecule has 0 aliphatic carbocycles. The van der Waals surface area contributed by atoms with Crippen LogP contribution < -0.4 is 0 Å². The van der Waals surface area contributed by atoms with Gasteiger partial charge in [0.2, 0.25) is 11.8 Å². The van der Waals surface area contributed by atoms with Gasteiger partial charge in [-0.1, -0.05) is 31.2 Å². The van der Waals surface area contributed by atoms with Gasteiger partial charge in [0.05, 0.1) is 0 Å². The molecule has 27 heavy (non-hydrogen) atoms. The average Bonchev–Trinajstić information content (AvgIpc) is 2.90. The summed E-state index contributed by atoms with van der Waals surface area (Å²) >= 11 is 0. The first kappa shape index (κ1) is 20.9. The molecule has 1 aliphatic rings. The van der Waals surface area contributed by atoms with Gasteiger partial charge in [0.15, 0.2) is 0 Å². The standard InChI is InChI=1S/C21H30N2O4/c1-3-17-6-8-18(9-7-17)10-11-20(25)22-13-4-5-19(12-14-22)23(16(2)24)15-21(26)27/h6-9,19H,3-5,10-15H2,1-2H3,(H,26,27).